The number of thiophene rings is 2. The number of hydrogen-bond acceptors (Lipinski definition) is 4. The summed E-state index contributed by atoms with van der Waals surface area (Å²) in [5.74, 6) is 1.87. The lowest BCUT2D eigenvalue weighted by Gasteiger charge is -1.98. The van der Waals surface area contributed by atoms with Gasteiger partial charge >= 0.3 is 0 Å². The highest BCUT2D eigenvalue weighted by atomic mass is 79.9. The second kappa shape index (κ2) is 7.53. The van der Waals surface area contributed by atoms with Gasteiger partial charge in [-0.2, -0.15) is 0 Å². The van der Waals surface area contributed by atoms with Crippen molar-refractivity contribution in [3.63, 3.8) is 0 Å². The zero-order valence-electron chi connectivity index (χ0n) is 9.53. The minimum Gasteiger partial charge on any atom is -0.492 e. The van der Waals surface area contributed by atoms with E-state index < -0.39 is 0 Å². The molecule has 0 radical (unpaired) electrons. The van der Waals surface area contributed by atoms with Gasteiger partial charge in [-0.05, 0) is 12.1 Å². The molecule has 6 heteroatoms. The Morgan fingerprint density at radius 2 is 1.28 bits per heavy atom. The van der Waals surface area contributed by atoms with Crippen LogP contribution in [0.15, 0.2) is 22.9 Å². The van der Waals surface area contributed by atoms with Gasteiger partial charge in [0, 0.05) is 31.2 Å². The van der Waals surface area contributed by atoms with E-state index in [4.69, 9.17) is 9.47 Å². The quantitative estimate of drug-likeness (QED) is 0.595. The van der Waals surface area contributed by atoms with Crippen LogP contribution in [0.25, 0.3) is 9.75 Å². The molecule has 0 aliphatic carbocycles. The lowest BCUT2D eigenvalue weighted by molar-refractivity contribution is 0.346. The Kier molecular flexibility index (Phi) is 6.01. The molecular weight excluding hydrogens is 400 g/mol. The van der Waals surface area contributed by atoms with Crippen molar-refractivity contribution in [2.75, 3.05) is 23.9 Å². The van der Waals surface area contributed by atoms with Crippen LogP contribution < -0.4 is 9.47 Å². The SMILES string of the molecule is BrCCOc1csc(-c2cc(OCCBr)cs2)c1. The maximum Gasteiger partial charge on any atom is 0.130 e. The molecule has 0 fully saturated rings. The molecule has 0 unspecified atom stereocenters. The molecule has 98 valence electrons. The van der Waals surface area contributed by atoms with E-state index in [0.717, 1.165) is 22.2 Å². The van der Waals surface area contributed by atoms with Gasteiger partial charge in [0.15, 0.2) is 0 Å². The maximum absolute atomic E-state index is 5.56. The molecular formula is C12H12Br2O2S2. The van der Waals surface area contributed by atoms with Crippen LogP contribution in [-0.4, -0.2) is 23.9 Å². The predicted octanol–water partition coefficient (Wildman–Crippen LogP) is 5.02. The molecule has 0 bridgehead atoms. The van der Waals surface area contributed by atoms with E-state index in [0.29, 0.717) is 13.2 Å². The Balaban J connectivity index is 2.01. The third kappa shape index (κ3) is 3.98. The van der Waals surface area contributed by atoms with Gasteiger partial charge in [0.1, 0.15) is 11.5 Å². The molecule has 0 aliphatic rings. The van der Waals surface area contributed by atoms with E-state index in [9.17, 15) is 0 Å². The molecule has 2 heterocycles. The van der Waals surface area contributed by atoms with Gasteiger partial charge in [0.25, 0.3) is 0 Å². The van der Waals surface area contributed by atoms with E-state index in [2.05, 4.69) is 44.0 Å². The summed E-state index contributed by atoms with van der Waals surface area (Å²) >= 11 is 10.1. The van der Waals surface area contributed by atoms with Crippen molar-refractivity contribution in [3.05, 3.63) is 22.9 Å². The van der Waals surface area contributed by atoms with Gasteiger partial charge in [-0.15, -0.1) is 22.7 Å². The van der Waals surface area contributed by atoms with Gasteiger partial charge in [-0.3, -0.25) is 0 Å². The zero-order chi connectivity index (χ0) is 12.8. The third-order valence-electron chi connectivity index (χ3n) is 2.09. The van der Waals surface area contributed by atoms with E-state index in [1.807, 2.05) is 10.8 Å². The van der Waals surface area contributed by atoms with Gasteiger partial charge in [-0.25, -0.2) is 0 Å². The number of hydrogen-bond donors (Lipinski definition) is 0. The molecule has 2 aromatic heterocycles. The Bertz CT molecular complexity index is 438. The van der Waals surface area contributed by atoms with Gasteiger partial charge < -0.3 is 9.47 Å². The van der Waals surface area contributed by atoms with Crippen molar-refractivity contribution in [2.45, 2.75) is 0 Å². The predicted molar refractivity (Wildman–Crippen MR) is 86.2 cm³/mol. The van der Waals surface area contributed by atoms with Gasteiger partial charge in [0.05, 0.1) is 13.2 Å². The molecule has 0 amide bonds. The lowest BCUT2D eigenvalue weighted by atomic mass is 10.3. The van der Waals surface area contributed by atoms with Crippen LogP contribution in [0.5, 0.6) is 11.5 Å². The average molecular weight is 412 g/mol. The Hall–Kier alpha value is -0.0400. The van der Waals surface area contributed by atoms with Gasteiger partial charge in [-0.1, -0.05) is 31.9 Å². The molecule has 0 spiro atoms. The standard InChI is InChI=1S/C12H12Br2O2S2/c13-1-3-15-9-5-11(17-7-9)12-6-10(8-18-12)16-4-2-14/h5-8H,1-4H2. The van der Waals surface area contributed by atoms with Crippen molar-refractivity contribution in [3.8, 4) is 21.3 Å². The molecule has 0 atom stereocenters. The summed E-state index contributed by atoms with van der Waals surface area (Å²) in [6.07, 6.45) is 0. The first-order valence-corrected chi connectivity index (χ1v) is 9.38. The number of alkyl halides is 2. The van der Waals surface area contributed by atoms with Crippen molar-refractivity contribution in [2.24, 2.45) is 0 Å². The van der Waals surface area contributed by atoms with Crippen LogP contribution in [0, 0.1) is 0 Å². The average Bonchev–Trinajstić information content (AvgIpc) is 3.02. The minimum absolute atomic E-state index is 0.695. The van der Waals surface area contributed by atoms with E-state index in [-0.39, 0.29) is 0 Å². The maximum atomic E-state index is 5.56. The third-order valence-corrected chi connectivity index (χ3v) is 4.75. The van der Waals surface area contributed by atoms with Gasteiger partial charge in [0.2, 0.25) is 0 Å². The fourth-order valence-electron chi connectivity index (χ4n) is 1.36. The monoisotopic (exact) mass is 410 g/mol. The fourth-order valence-corrected chi connectivity index (χ4v) is 3.45. The van der Waals surface area contributed by atoms with Crippen LogP contribution in [0.4, 0.5) is 0 Å². The summed E-state index contributed by atoms with van der Waals surface area (Å²) in [4.78, 5) is 2.44. The molecule has 0 saturated carbocycles. The van der Waals surface area contributed by atoms with Crippen LogP contribution in [-0.2, 0) is 0 Å². The Morgan fingerprint density at radius 3 is 1.67 bits per heavy atom. The zero-order valence-corrected chi connectivity index (χ0v) is 14.3. The molecule has 0 aliphatic heterocycles. The summed E-state index contributed by atoms with van der Waals surface area (Å²) in [6, 6.07) is 4.15. The Labute approximate surface area is 131 Å². The highest BCUT2D eigenvalue weighted by Crippen LogP contribution is 2.37. The summed E-state index contributed by atoms with van der Waals surface area (Å²) < 4.78 is 11.1. The summed E-state index contributed by atoms with van der Waals surface area (Å²) in [5.41, 5.74) is 0. The number of halogens is 2. The second-order valence-electron chi connectivity index (χ2n) is 3.37. The second-order valence-corrected chi connectivity index (χ2v) is 6.78. The van der Waals surface area contributed by atoms with Crippen LogP contribution in [0.1, 0.15) is 0 Å². The number of rotatable bonds is 7. The topological polar surface area (TPSA) is 18.5 Å². The van der Waals surface area contributed by atoms with E-state index in [1.165, 1.54) is 9.75 Å². The molecule has 0 aromatic carbocycles. The first-order chi connectivity index (χ1) is 8.83. The normalized spacial score (nSPS) is 10.6. The molecule has 2 aromatic rings. The van der Waals surface area contributed by atoms with E-state index >= 15 is 0 Å². The summed E-state index contributed by atoms with van der Waals surface area (Å²) in [7, 11) is 0. The molecule has 2 nitrogen and oxygen atoms in total. The van der Waals surface area contributed by atoms with Crippen molar-refractivity contribution < 1.29 is 9.47 Å². The molecule has 0 saturated heterocycles. The van der Waals surface area contributed by atoms with Crippen molar-refractivity contribution in [1.29, 1.82) is 0 Å². The van der Waals surface area contributed by atoms with Crippen LogP contribution in [0.2, 0.25) is 0 Å². The van der Waals surface area contributed by atoms with Crippen molar-refractivity contribution in [1.82, 2.24) is 0 Å². The van der Waals surface area contributed by atoms with E-state index in [1.54, 1.807) is 22.7 Å². The van der Waals surface area contributed by atoms with Crippen molar-refractivity contribution >= 4 is 54.5 Å². The van der Waals surface area contributed by atoms with Crippen LogP contribution >= 0.6 is 54.5 Å². The smallest absolute Gasteiger partial charge is 0.130 e. The molecule has 18 heavy (non-hydrogen) atoms. The first kappa shape index (κ1) is 14.4. The lowest BCUT2D eigenvalue weighted by Crippen LogP contribution is -1.95. The number of ether oxygens (including phenoxy) is 2. The summed E-state index contributed by atoms with van der Waals surface area (Å²) in [5, 5.41) is 5.77. The fraction of sp³-hybridized carbons (Fsp3) is 0.333. The van der Waals surface area contributed by atoms with Crippen LogP contribution in [0.3, 0.4) is 0 Å². The molecule has 0 N–H and O–H groups in total. The highest BCUT2D eigenvalue weighted by molar-refractivity contribution is 9.09. The Morgan fingerprint density at radius 1 is 0.833 bits per heavy atom. The summed E-state index contributed by atoms with van der Waals surface area (Å²) in [6.45, 7) is 1.39. The first-order valence-electron chi connectivity index (χ1n) is 5.38. The minimum atomic E-state index is 0.695. The highest BCUT2D eigenvalue weighted by Gasteiger charge is 2.07. The molecule has 2 rings (SSSR count). The largest absolute Gasteiger partial charge is 0.492 e.